The molecule has 9 nitrogen and oxygen atoms in total. The summed E-state index contributed by atoms with van der Waals surface area (Å²) >= 11 is 6.30. The molecule has 1 aromatic heterocycles. The lowest BCUT2D eigenvalue weighted by Crippen LogP contribution is -2.55. The predicted octanol–water partition coefficient (Wildman–Crippen LogP) is 4.69. The van der Waals surface area contributed by atoms with Gasteiger partial charge < -0.3 is 24.8 Å². The fourth-order valence-corrected chi connectivity index (χ4v) is 4.27. The number of anilines is 2. The topological polar surface area (TPSA) is 121 Å². The van der Waals surface area contributed by atoms with Crippen molar-refractivity contribution in [3.05, 3.63) is 40.7 Å². The zero-order valence-electron chi connectivity index (χ0n) is 20.7. The van der Waals surface area contributed by atoms with Crippen LogP contribution < -0.4 is 10.1 Å². The molecule has 188 valence electrons. The number of hydrogen-bond donors (Lipinski definition) is 2. The van der Waals surface area contributed by atoms with Gasteiger partial charge in [0.1, 0.15) is 23.9 Å². The van der Waals surface area contributed by atoms with E-state index in [-0.39, 0.29) is 24.5 Å². The Labute approximate surface area is 211 Å². The molecule has 3 unspecified atom stereocenters. The summed E-state index contributed by atoms with van der Waals surface area (Å²) in [6, 6.07) is 7.01. The molecular formula is C25H32ClN5O4. The second-order valence-corrected chi connectivity index (χ2v) is 10.1. The molecule has 1 fully saturated rings. The number of piperidine rings is 1. The van der Waals surface area contributed by atoms with Crippen LogP contribution >= 0.6 is 11.6 Å². The lowest BCUT2D eigenvalue weighted by Gasteiger charge is -2.42. The van der Waals surface area contributed by atoms with Crippen LogP contribution in [-0.2, 0) is 4.74 Å². The fourth-order valence-electron chi connectivity index (χ4n) is 4.05. The van der Waals surface area contributed by atoms with E-state index < -0.39 is 11.7 Å². The van der Waals surface area contributed by atoms with E-state index in [4.69, 9.17) is 26.3 Å². The molecule has 0 radical (unpaired) electrons. The van der Waals surface area contributed by atoms with Crippen LogP contribution in [0.25, 0.3) is 0 Å². The predicted molar refractivity (Wildman–Crippen MR) is 133 cm³/mol. The number of nitrogens with one attached hydrogen (secondary N) is 1. The van der Waals surface area contributed by atoms with Gasteiger partial charge in [-0.1, -0.05) is 18.5 Å². The van der Waals surface area contributed by atoms with Crippen molar-refractivity contribution in [2.45, 2.75) is 52.7 Å². The smallest absolute Gasteiger partial charge is 0.410 e. The number of halogens is 1. The quantitative estimate of drug-likeness (QED) is 0.585. The number of rotatable bonds is 6. The van der Waals surface area contributed by atoms with Crippen molar-refractivity contribution in [1.82, 2.24) is 14.9 Å². The number of nitrogens with zero attached hydrogens (tertiary/aromatic N) is 4. The number of aliphatic hydroxyl groups excluding tert-OH is 1. The Kier molecular flexibility index (Phi) is 8.41. The van der Waals surface area contributed by atoms with Gasteiger partial charge in [-0.15, -0.1) is 0 Å². The molecule has 3 atom stereocenters. The Bertz CT molecular complexity index is 1080. The van der Waals surface area contributed by atoms with E-state index >= 15 is 0 Å². The van der Waals surface area contributed by atoms with Crippen LogP contribution in [0.15, 0.2) is 24.5 Å². The molecule has 2 N–H and O–H groups in total. The summed E-state index contributed by atoms with van der Waals surface area (Å²) in [6.45, 7) is 9.99. The van der Waals surface area contributed by atoms with Crippen molar-refractivity contribution >= 4 is 29.2 Å². The van der Waals surface area contributed by atoms with E-state index in [9.17, 15) is 9.90 Å². The lowest BCUT2D eigenvalue weighted by molar-refractivity contribution is -0.0416. The van der Waals surface area contributed by atoms with E-state index in [1.54, 1.807) is 23.1 Å². The van der Waals surface area contributed by atoms with Gasteiger partial charge >= 0.3 is 6.09 Å². The number of carbonyl (C=O) groups is 1. The molecule has 0 saturated carbocycles. The molecule has 1 aliphatic rings. The van der Waals surface area contributed by atoms with Gasteiger partial charge in [0, 0.05) is 24.9 Å². The number of hydrogen-bond acceptors (Lipinski definition) is 8. The number of nitriles is 1. The molecule has 2 heterocycles. The minimum Gasteiger partial charge on any atom is -0.473 e. The van der Waals surface area contributed by atoms with Gasteiger partial charge in [0.05, 0.1) is 34.5 Å². The molecule has 1 aliphatic heterocycles. The van der Waals surface area contributed by atoms with Gasteiger partial charge in [-0.25, -0.2) is 14.8 Å². The number of benzene rings is 1. The highest BCUT2D eigenvalue weighted by atomic mass is 35.5. The van der Waals surface area contributed by atoms with Crippen LogP contribution in [0.2, 0.25) is 5.02 Å². The average molecular weight is 502 g/mol. The molecule has 1 saturated heterocycles. The van der Waals surface area contributed by atoms with Crippen LogP contribution in [0.4, 0.5) is 16.3 Å². The first kappa shape index (κ1) is 26.5. The third-order valence-electron chi connectivity index (χ3n) is 5.89. The van der Waals surface area contributed by atoms with E-state index in [1.165, 1.54) is 6.33 Å². The Morgan fingerprint density at radius 1 is 1.31 bits per heavy atom. The highest BCUT2D eigenvalue weighted by Crippen LogP contribution is 2.33. The van der Waals surface area contributed by atoms with E-state index in [0.717, 1.165) is 6.42 Å². The summed E-state index contributed by atoms with van der Waals surface area (Å²) in [6.07, 6.45) is 1.41. The number of carbonyl (C=O) groups excluding carboxylic acids is 1. The average Bonchev–Trinajstić information content (AvgIpc) is 2.81. The molecule has 10 heteroatoms. The Balaban J connectivity index is 1.80. The minimum atomic E-state index is -0.597. The normalized spacial score (nSPS) is 20.2. The summed E-state index contributed by atoms with van der Waals surface area (Å²) in [5, 5.41) is 22.7. The molecular weight excluding hydrogens is 470 g/mol. The van der Waals surface area contributed by atoms with Gasteiger partial charge in [-0.3, -0.25) is 0 Å². The van der Waals surface area contributed by atoms with Crippen molar-refractivity contribution in [1.29, 1.82) is 5.26 Å². The number of ether oxygens (including phenoxy) is 2. The van der Waals surface area contributed by atoms with Crippen LogP contribution in [-0.4, -0.2) is 57.5 Å². The zero-order valence-corrected chi connectivity index (χ0v) is 21.5. The molecule has 0 aliphatic carbocycles. The SMILES string of the molecule is CCC1CN(C(=O)OC(C)(C)C)CC(CO)C1Oc1ncnc(Nc2ccc(C#N)cc2Cl)c1C. The molecule has 1 amide bonds. The Hall–Kier alpha value is -3.09. The third-order valence-corrected chi connectivity index (χ3v) is 6.20. The van der Waals surface area contributed by atoms with Crippen LogP contribution in [0, 0.1) is 30.1 Å². The minimum absolute atomic E-state index is 0.0211. The van der Waals surface area contributed by atoms with Crippen LogP contribution in [0.1, 0.15) is 45.2 Å². The van der Waals surface area contributed by atoms with E-state index in [0.29, 0.717) is 46.6 Å². The van der Waals surface area contributed by atoms with Crippen LogP contribution in [0.3, 0.4) is 0 Å². The summed E-state index contributed by atoms with van der Waals surface area (Å²) in [4.78, 5) is 23.0. The molecule has 0 spiro atoms. The Morgan fingerprint density at radius 3 is 2.63 bits per heavy atom. The van der Waals surface area contributed by atoms with E-state index in [1.807, 2.05) is 34.6 Å². The molecule has 3 rings (SSSR count). The molecule has 0 bridgehead atoms. The van der Waals surface area contributed by atoms with Gasteiger partial charge in [0.2, 0.25) is 5.88 Å². The van der Waals surface area contributed by atoms with Crippen molar-refractivity contribution in [2.75, 3.05) is 25.0 Å². The standard InChI is InChI=1S/C25H32ClN5O4/c1-6-17-11-31(24(33)35-25(3,4)5)12-18(13-32)21(17)34-23-15(2)22(28-14-29-23)30-20-8-7-16(10-27)9-19(20)26/h7-9,14,17-18,21,32H,6,11-13H2,1-5H3,(H,28,29,30). The maximum atomic E-state index is 12.7. The third kappa shape index (κ3) is 6.53. The number of aromatic nitrogens is 2. The first-order valence-electron chi connectivity index (χ1n) is 11.6. The van der Waals surface area contributed by atoms with Crippen molar-refractivity contribution in [2.24, 2.45) is 11.8 Å². The molecule has 35 heavy (non-hydrogen) atoms. The summed E-state index contributed by atoms with van der Waals surface area (Å²) in [5.74, 6) is 0.577. The van der Waals surface area contributed by atoms with E-state index in [2.05, 4.69) is 21.4 Å². The van der Waals surface area contributed by atoms with Crippen LogP contribution in [0.5, 0.6) is 5.88 Å². The molecule has 2 aromatic rings. The highest BCUT2D eigenvalue weighted by Gasteiger charge is 2.40. The highest BCUT2D eigenvalue weighted by molar-refractivity contribution is 6.33. The van der Waals surface area contributed by atoms with Gasteiger partial charge in [-0.05, 0) is 52.3 Å². The largest absolute Gasteiger partial charge is 0.473 e. The van der Waals surface area contributed by atoms with Gasteiger partial charge in [0.25, 0.3) is 0 Å². The monoisotopic (exact) mass is 501 g/mol. The number of amides is 1. The summed E-state index contributed by atoms with van der Waals surface area (Å²) < 4.78 is 11.9. The molecule has 1 aromatic carbocycles. The zero-order chi connectivity index (χ0) is 25.8. The van der Waals surface area contributed by atoms with Crippen molar-refractivity contribution in [3.8, 4) is 11.9 Å². The number of aliphatic hydroxyl groups is 1. The summed E-state index contributed by atoms with van der Waals surface area (Å²) in [5.41, 5.74) is 1.14. The first-order valence-corrected chi connectivity index (χ1v) is 12.0. The maximum absolute atomic E-state index is 12.7. The first-order chi connectivity index (χ1) is 16.6. The Morgan fingerprint density at radius 2 is 2.03 bits per heavy atom. The fraction of sp³-hybridized carbons (Fsp3) is 0.520. The summed E-state index contributed by atoms with van der Waals surface area (Å²) in [7, 11) is 0. The number of likely N-dealkylation sites (tertiary alicyclic amines) is 1. The van der Waals surface area contributed by atoms with Gasteiger partial charge in [-0.2, -0.15) is 5.26 Å². The second kappa shape index (κ2) is 11.1. The lowest BCUT2D eigenvalue weighted by atomic mass is 9.84. The second-order valence-electron chi connectivity index (χ2n) is 9.66. The van der Waals surface area contributed by atoms with Gasteiger partial charge in [0.15, 0.2) is 0 Å². The van der Waals surface area contributed by atoms with Crippen molar-refractivity contribution < 1.29 is 19.4 Å². The van der Waals surface area contributed by atoms with Crippen molar-refractivity contribution in [3.63, 3.8) is 0 Å². The maximum Gasteiger partial charge on any atom is 0.410 e.